The van der Waals surface area contributed by atoms with E-state index in [1.165, 1.54) is 17.0 Å². The summed E-state index contributed by atoms with van der Waals surface area (Å²) in [5.41, 5.74) is 4.65. The van der Waals surface area contributed by atoms with Gasteiger partial charge in [0.25, 0.3) is 0 Å². The molecule has 0 saturated carbocycles. The van der Waals surface area contributed by atoms with Crippen molar-refractivity contribution in [3.63, 3.8) is 0 Å². The van der Waals surface area contributed by atoms with Gasteiger partial charge in [-0.2, -0.15) is 0 Å². The van der Waals surface area contributed by atoms with Crippen LogP contribution in [0.2, 0.25) is 0 Å². The molecule has 1 aromatic carbocycles. The minimum absolute atomic E-state index is 0.00815. The highest BCUT2D eigenvalue weighted by atomic mass is 16.2. The molecule has 0 fully saturated rings. The lowest BCUT2D eigenvalue weighted by atomic mass is 10.1. The molecule has 0 radical (unpaired) electrons. The normalized spacial score (nSPS) is 17.0. The Bertz CT molecular complexity index is 687. The first-order chi connectivity index (χ1) is 11.1. The summed E-state index contributed by atoms with van der Waals surface area (Å²) in [5, 5.41) is 3.04. The summed E-state index contributed by atoms with van der Waals surface area (Å²) < 4.78 is 2.33. The van der Waals surface area contributed by atoms with Crippen LogP contribution in [-0.2, 0) is 13.0 Å². The van der Waals surface area contributed by atoms with Crippen molar-refractivity contribution in [3.8, 4) is 0 Å². The molecule has 1 aromatic heterocycles. The monoisotopic (exact) mass is 311 g/mol. The quantitative estimate of drug-likeness (QED) is 0.898. The zero-order valence-electron chi connectivity index (χ0n) is 14.2. The lowest BCUT2D eigenvalue weighted by Gasteiger charge is -2.37. The van der Waals surface area contributed by atoms with Crippen LogP contribution in [0.5, 0.6) is 0 Å². The zero-order valence-corrected chi connectivity index (χ0v) is 14.2. The van der Waals surface area contributed by atoms with Crippen molar-refractivity contribution in [1.82, 2.24) is 9.47 Å². The predicted molar refractivity (Wildman–Crippen MR) is 93.7 cm³/mol. The molecule has 1 aliphatic rings. The Morgan fingerprint density at radius 2 is 1.87 bits per heavy atom. The molecule has 0 saturated heterocycles. The molecule has 2 amide bonds. The Morgan fingerprint density at radius 1 is 1.13 bits per heavy atom. The highest BCUT2D eigenvalue weighted by molar-refractivity contribution is 5.89. The van der Waals surface area contributed by atoms with Crippen LogP contribution in [-0.4, -0.2) is 22.0 Å². The number of nitrogens with zero attached hydrogens (tertiary/aromatic N) is 2. The van der Waals surface area contributed by atoms with Gasteiger partial charge in [0.2, 0.25) is 0 Å². The summed E-state index contributed by atoms with van der Waals surface area (Å²) in [6.07, 6.45) is 1.93. The van der Waals surface area contributed by atoms with Gasteiger partial charge in [-0.25, -0.2) is 4.79 Å². The van der Waals surface area contributed by atoms with E-state index in [0.717, 1.165) is 31.6 Å². The van der Waals surface area contributed by atoms with Gasteiger partial charge in [-0.1, -0.05) is 26.0 Å². The summed E-state index contributed by atoms with van der Waals surface area (Å²) in [7, 11) is 0. The number of carbonyl (C=O) groups is 1. The van der Waals surface area contributed by atoms with Gasteiger partial charge in [0.05, 0.1) is 6.04 Å². The van der Waals surface area contributed by atoms with Gasteiger partial charge < -0.3 is 14.8 Å². The molecule has 0 aliphatic carbocycles. The fourth-order valence-corrected chi connectivity index (χ4v) is 3.40. The first-order valence-electron chi connectivity index (χ1n) is 8.46. The number of nitrogens with one attached hydrogen (secondary N) is 1. The highest BCUT2D eigenvalue weighted by Gasteiger charge is 2.30. The lowest BCUT2D eigenvalue weighted by Crippen LogP contribution is -2.44. The van der Waals surface area contributed by atoms with Crippen LogP contribution >= 0.6 is 0 Å². The second-order valence-corrected chi connectivity index (χ2v) is 6.15. The Labute approximate surface area is 138 Å². The van der Waals surface area contributed by atoms with Crippen LogP contribution in [0.3, 0.4) is 0 Å². The maximum atomic E-state index is 12.7. The molecule has 0 unspecified atom stereocenters. The number of aromatic nitrogens is 1. The number of rotatable bonds is 3. The average Bonchev–Trinajstić information content (AvgIpc) is 2.96. The number of aryl methyl sites for hydroxylation is 2. The van der Waals surface area contributed by atoms with Gasteiger partial charge in [-0.3, -0.25) is 0 Å². The molecule has 1 aliphatic heterocycles. The minimum atomic E-state index is -0.00815. The molecule has 23 heavy (non-hydrogen) atoms. The van der Waals surface area contributed by atoms with Gasteiger partial charge in [-0.15, -0.1) is 0 Å². The minimum Gasteiger partial charge on any atom is -0.345 e. The standard InChI is InChI=1S/C19H25N3O/c1-4-15-7-9-16(10-8-15)20-19(23)22-13-12-21-14(3)6-11-18(21)17(22)5-2/h6-11,17H,4-5,12-13H2,1-3H3,(H,20,23)/t17-/m1/s1. The van der Waals surface area contributed by atoms with Crippen molar-refractivity contribution < 1.29 is 4.79 Å². The summed E-state index contributed by atoms with van der Waals surface area (Å²) >= 11 is 0. The molecule has 0 spiro atoms. The van der Waals surface area contributed by atoms with E-state index in [2.05, 4.69) is 54.9 Å². The van der Waals surface area contributed by atoms with Crippen molar-refractivity contribution >= 4 is 11.7 Å². The number of hydrogen-bond donors (Lipinski definition) is 1. The number of amides is 2. The third-order valence-electron chi connectivity index (χ3n) is 4.78. The van der Waals surface area contributed by atoms with Gasteiger partial charge in [0, 0.05) is 30.2 Å². The van der Waals surface area contributed by atoms with Crippen LogP contribution in [0.4, 0.5) is 10.5 Å². The van der Waals surface area contributed by atoms with E-state index >= 15 is 0 Å². The van der Waals surface area contributed by atoms with Crippen LogP contribution < -0.4 is 5.32 Å². The molecule has 2 aromatic rings. The molecular weight excluding hydrogens is 286 g/mol. The van der Waals surface area contributed by atoms with E-state index in [-0.39, 0.29) is 12.1 Å². The zero-order chi connectivity index (χ0) is 16.4. The van der Waals surface area contributed by atoms with Gasteiger partial charge in [-0.05, 0) is 49.6 Å². The first-order valence-corrected chi connectivity index (χ1v) is 8.46. The van der Waals surface area contributed by atoms with E-state index in [1.54, 1.807) is 0 Å². The molecule has 122 valence electrons. The molecule has 4 nitrogen and oxygen atoms in total. The summed E-state index contributed by atoms with van der Waals surface area (Å²) in [6.45, 7) is 8.01. The van der Waals surface area contributed by atoms with Crippen molar-refractivity contribution in [2.24, 2.45) is 0 Å². The third-order valence-corrected chi connectivity index (χ3v) is 4.78. The Morgan fingerprint density at radius 3 is 2.52 bits per heavy atom. The van der Waals surface area contributed by atoms with Crippen LogP contribution in [0, 0.1) is 6.92 Å². The molecule has 2 heterocycles. The maximum Gasteiger partial charge on any atom is 0.322 e. The average molecular weight is 311 g/mol. The van der Waals surface area contributed by atoms with Crippen molar-refractivity contribution in [1.29, 1.82) is 0 Å². The van der Waals surface area contributed by atoms with Gasteiger partial charge in [0.15, 0.2) is 0 Å². The lowest BCUT2D eigenvalue weighted by molar-refractivity contribution is 0.165. The summed E-state index contributed by atoms with van der Waals surface area (Å²) in [6, 6.07) is 12.5. The van der Waals surface area contributed by atoms with E-state index in [1.807, 2.05) is 17.0 Å². The molecular formula is C19H25N3O. The smallest absolute Gasteiger partial charge is 0.322 e. The topological polar surface area (TPSA) is 37.3 Å². The Hall–Kier alpha value is -2.23. The number of benzene rings is 1. The second-order valence-electron chi connectivity index (χ2n) is 6.15. The molecule has 0 bridgehead atoms. The molecule has 4 heteroatoms. The number of hydrogen-bond acceptors (Lipinski definition) is 1. The molecule has 3 rings (SSSR count). The number of carbonyl (C=O) groups excluding carboxylic acids is 1. The van der Waals surface area contributed by atoms with E-state index in [9.17, 15) is 4.79 Å². The predicted octanol–water partition coefficient (Wildman–Crippen LogP) is 4.36. The summed E-state index contributed by atoms with van der Waals surface area (Å²) in [4.78, 5) is 14.7. The van der Waals surface area contributed by atoms with E-state index in [0.29, 0.717) is 0 Å². The van der Waals surface area contributed by atoms with Crippen molar-refractivity contribution in [2.45, 2.75) is 46.2 Å². The fraction of sp³-hybridized carbons (Fsp3) is 0.421. The first kappa shape index (κ1) is 15.7. The Balaban J connectivity index is 1.76. The summed E-state index contributed by atoms with van der Waals surface area (Å²) in [5.74, 6) is 0. The van der Waals surface area contributed by atoms with Crippen LogP contribution in [0.25, 0.3) is 0 Å². The maximum absolute atomic E-state index is 12.7. The number of anilines is 1. The van der Waals surface area contributed by atoms with Crippen LogP contribution in [0.1, 0.15) is 43.3 Å². The largest absolute Gasteiger partial charge is 0.345 e. The van der Waals surface area contributed by atoms with E-state index in [4.69, 9.17) is 0 Å². The number of fused-ring (bicyclic) bond motifs is 1. The van der Waals surface area contributed by atoms with E-state index < -0.39 is 0 Å². The van der Waals surface area contributed by atoms with Gasteiger partial charge >= 0.3 is 6.03 Å². The highest BCUT2D eigenvalue weighted by Crippen LogP contribution is 2.30. The Kier molecular flexibility index (Phi) is 4.42. The fourth-order valence-electron chi connectivity index (χ4n) is 3.40. The van der Waals surface area contributed by atoms with Crippen molar-refractivity contribution in [3.05, 3.63) is 53.3 Å². The van der Waals surface area contributed by atoms with Gasteiger partial charge in [0.1, 0.15) is 0 Å². The molecule has 1 N–H and O–H groups in total. The van der Waals surface area contributed by atoms with Crippen LogP contribution in [0.15, 0.2) is 36.4 Å². The number of urea groups is 1. The molecule has 1 atom stereocenters. The third kappa shape index (κ3) is 2.98. The van der Waals surface area contributed by atoms with Crippen molar-refractivity contribution in [2.75, 3.05) is 11.9 Å². The SMILES string of the molecule is CCc1ccc(NC(=O)N2CCn3c(C)ccc3[C@H]2CC)cc1. The second kappa shape index (κ2) is 6.49.